The molecule has 7 heteroatoms. The van der Waals surface area contributed by atoms with Gasteiger partial charge in [-0.25, -0.2) is 4.39 Å². The number of hydrogen-bond acceptors (Lipinski definition) is 4. The van der Waals surface area contributed by atoms with E-state index in [0.717, 1.165) is 26.2 Å². The molecule has 1 saturated heterocycles. The molecule has 1 heterocycles. The second-order valence-electron chi connectivity index (χ2n) is 6.91. The predicted molar refractivity (Wildman–Crippen MR) is 109 cm³/mol. The number of carbonyl (C=O) groups excluding carboxylic acids is 1. The van der Waals surface area contributed by atoms with E-state index >= 15 is 0 Å². The number of ether oxygens (including phenoxy) is 1. The van der Waals surface area contributed by atoms with E-state index < -0.39 is 0 Å². The first kappa shape index (κ1) is 20.6. The van der Waals surface area contributed by atoms with Gasteiger partial charge in [0, 0.05) is 43.3 Å². The van der Waals surface area contributed by atoms with E-state index in [1.165, 1.54) is 6.07 Å². The summed E-state index contributed by atoms with van der Waals surface area (Å²) in [7, 11) is 1.55. The van der Waals surface area contributed by atoms with Gasteiger partial charge in [0.05, 0.1) is 18.8 Å². The third-order valence-electron chi connectivity index (χ3n) is 5.11. The molecule has 1 amide bonds. The maximum Gasteiger partial charge on any atom is 0.241 e. The first-order chi connectivity index (χ1) is 13.5. The fourth-order valence-electron chi connectivity index (χ4n) is 3.36. The predicted octanol–water partition coefficient (Wildman–Crippen LogP) is 3.63. The van der Waals surface area contributed by atoms with E-state index in [2.05, 4.69) is 15.1 Å². The van der Waals surface area contributed by atoms with Crippen LogP contribution in [0.25, 0.3) is 0 Å². The molecule has 0 saturated carbocycles. The van der Waals surface area contributed by atoms with Crippen molar-refractivity contribution in [3.8, 4) is 5.75 Å². The molecule has 0 aromatic heterocycles. The van der Waals surface area contributed by atoms with Crippen molar-refractivity contribution < 1.29 is 13.9 Å². The highest BCUT2D eigenvalue weighted by Gasteiger charge is 2.26. The molecule has 0 spiro atoms. The van der Waals surface area contributed by atoms with E-state index in [9.17, 15) is 9.18 Å². The van der Waals surface area contributed by atoms with Crippen LogP contribution in [0.4, 0.5) is 10.1 Å². The Balaban J connectivity index is 1.55. The number of nitrogens with zero attached hydrogens (tertiary/aromatic N) is 2. The van der Waals surface area contributed by atoms with Gasteiger partial charge in [-0.1, -0.05) is 29.8 Å². The summed E-state index contributed by atoms with van der Waals surface area (Å²) in [5, 5.41) is 3.44. The molecule has 0 radical (unpaired) electrons. The molecule has 150 valence electrons. The first-order valence-corrected chi connectivity index (χ1v) is 9.70. The van der Waals surface area contributed by atoms with Crippen LogP contribution in [0.3, 0.4) is 0 Å². The number of halogens is 2. The van der Waals surface area contributed by atoms with Gasteiger partial charge >= 0.3 is 0 Å². The second-order valence-corrected chi connectivity index (χ2v) is 7.35. The lowest BCUT2D eigenvalue weighted by Crippen LogP contribution is -2.52. The lowest BCUT2D eigenvalue weighted by molar-refractivity contribution is -0.121. The number of anilines is 1. The van der Waals surface area contributed by atoms with Gasteiger partial charge in [-0.15, -0.1) is 0 Å². The Labute approximate surface area is 170 Å². The fourth-order valence-corrected chi connectivity index (χ4v) is 3.53. The van der Waals surface area contributed by atoms with Crippen molar-refractivity contribution in [1.29, 1.82) is 0 Å². The van der Waals surface area contributed by atoms with Crippen LogP contribution < -0.4 is 10.1 Å². The van der Waals surface area contributed by atoms with E-state index in [-0.39, 0.29) is 17.8 Å². The van der Waals surface area contributed by atoms with Gasteiger partial charge < -0.3 is 10.1 Å². The van der Waals surface area contributed by atoms with Crippen LogP contribution in [0.5, 0.6) is 5.75 Å². The Morgan fingerprint density at radius 3 is 2.61 bits per heavy atom. The zero-order valence-electron chi connectivity index (χ0n) is 16.1. The summed E-state index contributed by atoms with van der Waals surface area (Å²) in [4.78, 5) is 17.0. The number of rotatable bonds is 6. The molecule has 1 aliphatic rings. The number of carbonyl (C=O) groups is 1. The van der Waals surface area contributed by atoms with Crippen molar-refractivity contribution in [1.82, 2.24) is 9.80 Å². The molecule has 1 atom stereocenters. The maximum absolute atomic E-state index is 13.8. The van der Waals surface area contributed by atoms with Gasteiger partial charge in [-0.3, -0.25) is 14.6 Å². The van der Waals surface area contributed by atoms with Crippen molar-refractivity contribution in [2.24, 2.45) is 0 Å². The lowest BCUT2D eigenvalue weighted by Gasteiger charge is -2.37. The van der Waals surface area contributed by atoms with E-state index in [1.54, 1.807) is 31.4 Å². The number of benzene rings is 2. The third kappa shape index (κ3) is 5.01. The smallest absolute Gasteiger partial charge is 0.241 e. The summed E-state index contributed by atoms with van der Waals surface area (Å²) in [5.41, 5.74) is 1.26. The normalized spacial score (nSPS) is 16.6. The summed E-state index contributed by atoms with van der Waals surface area (Å²) >= 11 is 6.03. The van der Waals surface area contributed by atoms with Crippen molar-refractivity contribution >= 4 is 23.2 Å². The monoisotopic (exact) mass is 405 g/mol. The molecule has 2 aromatic rings. The number of piperazine rings is 1. The Kier molecular flexibility index (Phi) is 6.88. The minimum Gasteiger partial charge on any atom is -0.495 e. The minimum atomic E-state index is -0.292. The minimum absolute atomic E-state index is 0.108. The Morgan fingerprint density at radius 1 is 1.21 bits per heavy atom. The summed E-state index contributed by atoms with van der Waals surface area (Å²) in [6, 6.07) is 11.7. The highest BCUT2D eigenvalue weighted by Crippen LogP contribution is 2.28. The molecular formula is C21H25ClFN3O2. The van der Waals surface area contributed by atoms with Crippen molar-refractivity contribution in [3.05, 3.63) is 58.9 Å². The van der Waals surface area contributed by atoms with Crippen molar-refractivity contribution in [3.63, 3.8) is 0 Å². The van der Waals surface area contributed by atoms with Crippen LogP contribution in [-0.2, 0) is 11.3 Å². The molecule has 0 bridgehead atoms. The fraction of sp³-hybridized carbons (Fsp3) is 0.381. The van der Waals surface area contributed by atoms with Crippen LogP contribution in [0.1, 0.15) is 12.5 Å². The summed E-state index contributed by atoms with van der Waals surface area (Å²) in [6.07, 6.45) is 0. The molecule has 1 fully saturated rings. The van der Waals surface area contributed by atoms with Crippen LogP contribution >= 0.6 is 11.6 Å². The topological polar surface area (TPSA) is 44.8 Å². The highest BCUT2D eigenvalue weighted by atomic mass is 35.5. The molecular weight excluding hydrogens is 381 g/mol. The van der Waals surface area contributed by atoms with Gasteiger partial charge in [0.15, 0.2) is 0 Å². The number of hydrogen-bond donors (Lipinski definition) is 1. The maximum atomic E-state index is 13.8. The molecule has 2 aromatic carbocycles. The zero-order valence-corrected chi connectivity index (χ0v) is 16.9. The average molecular weight is 406 g/mol. The van der Waals surface area contributed by atoms with Crippen LogP contribution in [0.15, 0.2) is 42.5 Å². The molecule has 1 aliphatic heterocycles. The Bertz CT molecular complexity index is 825. The SMILES string of the molecule is COc1ccc(Cl)cc1NC(=O)C(C)N1CCN(Cc2ccccc2F)CC1. The standard InChI is InChI=1S/C21H25ClFN3O2/c1-15(21(27)24-19-13-17(22)7-8-20(19)28-2)26-11-9-25(10-12-26)14-16-5-3-4-6-18(16)23/h3-8,13,15H,9-12,14H2,1-2H3,(H,24,27). The summed E-state index contributed by atoms with van der Waals surface area (Å²) in [5.74, 6) is 0.288. The van der Waals surface area contributed by atoms with E-state index in [0.29, 0.717) is 28.6 Å². The van der Waals surface area contributed by atoms with Crippen LogP contribution in [-0.4, -0.2) is 55.0 Å². The molecule has 1 N–H and O–H groups in total. The van der Waals surface area contributed by atoms with E-state index in [1.807, 2.05) is 19.1 Å². The van der Waals surface area contributed by atoms with Gasteiger partial charge in [-0.2, -0.15) is 0 Å². The van der Waals surface area contributed by atoms with Crippen molar-refractivity contribution in [2.45, 2.75) is 19.5 Å². The number of methoxy groups -OCH3 is 1. The molecule has 0 aliphatic carbocycles. The van der Waals surface area contributed by atoms with Crippen LogP contribution in [0, 0.1) is 5.82 Å². The first-order valence-electron chi connectivity index (χ1n) is 9.32. The Hall–Kier alpha value is -2.15. The van der Waals surface area contributed by atoms with Gasteiger partial charge in [0.25, 0.3) is 0 Å². The molecule has 1 unspecified atom stereocenters. The Morgan fingerprint density at radius 2 is 1.93 bits per heavy atom. The molecule has 28 heavy (non-hydrogen) atoms. The quantitative estimate of drug-likeness (QED) is 0.797. The zero-order chi connectivity index (χ0) is 20.1. The van der Waals surface area contributed by atoms with Gasteiger partial charge in [-0.05, 0) is 31.2 Å². The highest BCUT2D eigenvalue weighted by molar-refractivity contribution is 6.31. The van der Waals surface area contributed by atoms with Crippen LogP contribution in [0.2, 0.25) is 5.02 Å². The van der Waals surface area contributed by atoms with E-state index in [4.69, 9.17) is 16.3 Å². The second kappa shape index (κ2) is 9.37. The molecule has 3 rings (SSSR count). The summed E-state index contributed by atoms with van der Waals surface area (Å²) in [6.45, 7) is 5.53. The number of amides is 1. The van der Waals surface area contributed by atoms with Gasteiger partial charge in [0.1, 0.15) is 11.6 Å². The summed E-state index contributed by atoms with van der Waals surface area (Å²) < 4.78 is 19.1. The molecule has 5 nitrogen and oxygen atoms in total. The largest absolute Gasteiger partial charge is 0.495 e. The number of nitrogens with one attached hydrogen (secondary N) is 1. The van der Waals surface area contributed by atoms with Gasteiger partial charge in [0.2, 0.25) is 5.91 Å². The van der Waals surface area contributed by atoms with Crippen molar-refractivity contribution in [2.75, 3.05) is 38.6 Å². The third-order valence-corrected chi connectivity index (χ3v) is 5.34. The lowest BCUT2D eigenvalue weighted by atomic mass is 10.1. The average Bonchev–Trinajstić information content (AvgIpc) is 2.70.